The van der Waals surface area contributed by atoms with E-state index >= 15 is 0 Å². The van der Waals surface area contributed by atoms with Gasteiger partial charge in [0.05, 0.1) is 23.2 Å². The van der Waals surface area contributed by atoms with Crippen LogP contribution in [0.4, 0.5) is 10.6 Å². The van der Waals surface area contributed by atoms with E-state index in [1.165, 1.54) is 28.8 Å². The Labute approximate surface area is 289 Å². The Morgan fingerprint density at radius 2 is 1.98 bits per heavy atom. The SMILES string of the molecule is CC(C)C(C(C)(C)C)[C@]1(c2csc(C(=O)c3cncnc3N[C@@H]3C[C@H](COS(N)(=O)=O)[C@@H](O)C3)c2)c2cc(Cl)ccc2CCN1C(=O)O. The number of benzene rings is 1. The quantitative estimate of drug-likeness (QED) is 0.201. The third-order valence-electron chi connectivity index (χ3n) is 9.46. The molecule has 1 aromatic carbocycles. The van der Waals surface area contributed by atoms with Crippen LogP contribution in [0.1, 0.15) is 79.4 Å². The van der Waals surface area contributed by atoms with Crippen LogP contribution in [0.25, 0.3) is 0 Å². The normalized spacial score (nSPS) is 23.6. The number of hydrogen-bond acceptors (Lipinski definition) is 10. The smallest absolute Gasteiger partial charge is 0.408 e. The molecule has 5 rings (SSSR count). The molecule has 0 radical (unpaired) electrons. The first-order chi connectivity index (χ1) is 22.4. The lowest BCUT2D eigenvalue weighted by molar-refractivity contribution is -0.0143. The Morgan fingerprint density at radius 3 is 2.62 bits per heavy atom. The van der Waals surface area contributed by atoms with Gasteiger partial charge in [-0.05, 0) is 76.8 Å². The lowest BCUT2D eigenvalue weighted by Crippen LogP contribution is -2.61. The van der Waals surface area contributed by atoms with Gasteiger partial charge in [0.1, 0.15) is 17.7 Å². The van der Waals surface area contributed by atoms with Gasteiger partial charge in [-0.25, -0.2) is 19.9 Å². The standard InChI is InChI=1S/C33H42ClN5O7S2/c1-18(2)29(32(3,4)5)33(25-12-22(34)7-6-19(25)8-9-39(33)31(42)43)21-11-27(47-16-21)28(41)24-14-36-17-37-30(24)38-23-10-20(26(40)13-23)15-46-48(35,44)45/h6-7,11-12,14,16-18,20,23,26,29,40H,8-10,13,15H2,1-5H3,(H,42,43)(H2,35,44,45)(H,36,37,38)/t20-,23-,26+,29?,33+/m1/s1. The maximum Gasteiger partial charge on any atom is 0.408 e. The van der Waals surface area contributed by atoms with Gasteiger partial charge in [-0.3, -0.25) is 13.9 Å². The summed E-state index contributed by atoms with van der Waals surface area (Å²) in [4.78, 5) is 37.7. The third-order valence-corrected chi connectivity index (χ3v) is 11.1. The minimum absolute atomic E-state index is 0.0371. The maximum atomic E-state index is 14.2. The first-order valence-electron chi connectivity index (χ1n) is 15.8. The zero-order valence-electron chi connectivity index (χ0n) is 27.5. The molecule has 48 heavy (non-hydrogen) atoms. The molecule has 1 saturated carbocycles. The number of aliphatic hydroxyl groups excluding tert-OH is 1. The number of carbonyl (C=O) groups is 2. The molecule has 1 amide bonds. The van der Waals surface area contributed by atoms with Gasteiger partial charge >= 0.3 is 16.4 Å². The molecule has 1 unspecified atom stereocenters. The molecule has 2 aliphatic rings. The number of nitrogens with one attached hydrogen (secondary N) is 1. The van der Waals surface area contributed by atoms with E-state index in [-0.39, 0.29) is 60.0 Å². The summed E-state index contributed by atoms with van der Waals surface area (Å²) in [5.41, 5.74) is 1.22. The summed E-state index contributed by atoms with van der Waals surface area (Å²) >= 11 is 7.83. The number of aliphatic hydroxyl groups is 1. The number of thiophene rings is 1. The number of ketones is 1. The number of anilines is 1. The van der Waals surface area contributed by atoms with E-state index in [0.717, 1.165) is 11.1 Å². The summed E-state index contributed by atoms with van der Waals surface area (Å²) < 4.78 is 27.2. The minimum Gasteiger partial charge on any atom is -0.465 e. The van der Waals surface area contributed by atoms with E-state index in [1.807, 2.05) is 23.6 Å². The highest BCUT2D eigenvalue weighted by Crippen LogP contribution is 2.56. The number of amides is 1. The van der Waals surface area contributed by atoms with Crippen LogP contribution in [0, 0.1) is 23.2 Å². The van der Waals surface area contributed by atoms with Gasteiger partial charge in [-0.2, -0.15) is 8.42 Å². The van der Waals surface area contributed by atoms with Crippen LogP contribution in [-0.4, -0.2) is 70.7 Å². The van der Waals surface area contributed by atoms with Crippen LogP contribution in [0.3, 0.4) is 0 Å². The van der Waals surface area contributed by atoms with Crippen LogP contribution in [0.5, 0.6) is 0 Å². The molecule has 1 fully saturated rings. The maximum absolute atomic E-state index is 14.2. The second-order valence-electron chi connectivity index (χ2n) is 14.1. The minimum atomic E-state index is -4.15. The zero-order chi connectivity index (χ0) is 35.2. The summed E-state index contributed by atoms with van der Waals surface area (Å²) in [5, 5.41) is 31.8. The Bertz CT molecular complexity index is 1790. The van der Waals surface area contributed by atoms with Gasteiger partial charge in [-0.15, -0.1) is 11.3 Å². The van der Waals surface area contributed by atoms with Crippen LogP contribution in [-0.2, 0) is 26.4 Å². The van der Waals surface area contributed by atoms with Crippen molar-refractivity contribution < 1.29 is 32.4 Å². The van der Waals surface area contributed by atoms with Crippen LogP contribution < -0.4 is 10.5 Å². The molecule has 12 nitrogen and oxygen atoms in total. The van der Waals surface area contributed by atoms with Crippen molar-refractivity contribution in [3.63, 3.8) is 0 Å². The summed E-state index contributed by atoms with van der Waals surface area (Å²) in [7, 11) is -4.15. The number of aromatic nitrogens is 2. The lowest BCUT2D eigenvalue weighted by atomic mass is 9.57. The molecule has 0 saturated heterocycles. The lowest BCUT2D eigenvalue weighted by Gasteiger charge is -2.56. The third kappa shape index (κ3) is 7.10. The fraction of sp³-hybridized carbons (Fsp3) is 0.515. The zero-order valence-corrected chi connectivity index (χ0v) is 29.9. The number of rotatable bonds is 10. The van der Waals surface area contributed by atoms with Gasteiger partial charge < -0.3 is 15.5 Å². The summed E-state index contributed by atoms with van der Waals surface area (Å²) in [5.74, 6) is -0.748. The van der Waals surface area contributed by atoms with Gasteiger partial charge in [0.2, 0.25) is 5.78 Å². The average molecular weight is 720 g/mol. The van der Waals surface area contributed by atoms with Crippen molar-refractivity contribution in [2.75, 3.05) is 18.5 Å². The molecule has 0 bridgehead atoms. The van der Waals surface area contributed by atoms with E-state index in [9.17, 15) is 28.2 Å². The topological polar surface area (TPSA) is 185 Å². The van der Waals surface area contributed by atoms with Crippen LogP contribution in [0.15, 0.2) is 42.2 Å². The Morgan fingerprint density at radius 1 is 1.25 bits per heavy atom. The van der Waals surface area contributed by atoms with E-state index in [1.54, 1.807) is 6.07 Å². The molecule has 3 heterocycles. The number of nitrogens with two attached hydrogens (primary N) is 1. The number of nitrogens with zero attached hydrogens (tertiary/aromatic N) is 3. The number of carbonyl (C=O) groups excluding carboxylic acids is 1. The molecule has 2 aromatic heterocycles. The molecule has 260 valence electrons. The number of halogens is 1. The van der Waals surface area contributed by atoms with E-state index in [4.69, 9.17) is 20.9 Å². The van der Waals surface area contributed by atoms with Crippen molar-refractivity contribution in [2.45, 2.75) is 71.6 Å². The molecule has 5 N–H and O–H groups in total. The molecule has 15 heteroatoms. The first kappa shape index (κ1) is 36.1. The highest BCUT2D eigenvalue weighted by molar-refractivity contribution is 7.84. The largest absolute Gasteiger partial charge is 0.465 e. The van der Waals surface area contributed by atoms with Gasteiger partial charge in [-0.1, -0.05) is 52.3 Å². The Balaban J connectivity index is 1.55. The fourth-order valence-electron chi connectivity index (χ4n) is 8.03. The molecule has 0 spiro atoms. The second kappa shape index (κ2) is 13.6. The van der Waals surface area contributed by atoms with E-state index < -0.39 is 34.0 Å². The monoisotopic (exact) mass is 719 g/mol. The fourth-order valence-corrected chi connectivity index (χ4v) is 9.48. The van der Waals surface area contributed by atoms with Gasteiger partial charge in [0.25, 0.3) is 0 Å². The van der Waals surface area contributed by atoms with Crippen LogP contribution in [0.2, 0.25) is 5.02 Å². The van der Waals surface area contributed by atoms with Crippen molar-refractivity contribution >= 4 is 50.9 Å². The predicted octanol–water partition coefficient (Wildman–Crippen LogP) is 5.29. The molecular formula is C33H42ClN5O7S2. The molecule has 5 atom stereocenters. The number of hydrogen-bond donors (Lipinski definition) is 4. The molecular weight excluding hydrogens is 678 g/mol. The summed E-state index contributed by atoms with van der Waals surface area (Å²) in [6.07, 6.45) is 2.00. The van der Waals surface area contributed by atoms with Crippen molar-refractivity contribution in [1.29, 1.82) is 0 Å². The van der Waals surface area contributed by atoms with Crippen molar-refractivity contribution in [3.8, 4) is 0 Å². The number of fused-ring (bicyclic) bond motifs is 1. The number of carboxylic acid groups (broad SMARTS) is 1. The predicted molar refractivity (Wildman–Crippen MR) is 183 cm³/mol. The van der Waals surface area contributed by atoms with Crippen LogP contribution >= 0.6 is 22.9 Å². The van der Waals surface area contributed by atoms with Gasteiger partial charge in [0.15, 0.2) is 0 Å². The van der Waals surface area contributed by atoms with Crippen molar-refractivity contribution in [3.05, 3.63) is 74.3 Å². The molecule has 1 aliphatic heterocycles. The van der Waals surface area contributed by atoms with E-state index in [2.05, 4.69) is 49.9 Å². The summed E-state index contributed by atoms with van der Waals surface area (Å²) in [6.45, 7) is 10.5. The highest BCUT2D eigenvalue weighted by Gasteiger charge is 2.56. The molecule has 3 aromatic rings. The average Bonchev–Trinajstić information content (AvgIpc) is 3.61. The summed E-state index contributed by atoms with van der Waals surface area (Å²) in [6, 6.07) is 7.13. The van der Waals surface area contributed by atoms with Crippen molar-refractivity contribution in [2.24, 2.45) is 28.3 Å². The van der Waals surface area contributed by atoms with Gasteiger partial charge in [0, 0.05) is 29.7 Å². The highest BCUT2D eigenvalue weighted by atomic mass is 35.5. The second-order valence-corrected chi connectivity index (χ2v) is 16.6. The van der Waals surface area contributed by atoms with E-state index in [0.29, 0.717) is 28.3 Å². The Hall–Kier alpha value is -3.14. The van der Waals surface area contributed by atoms with Crippen molar-refractivity contribution in [1.82, 2.24) is 14.9 Å². The first-order valence-corrected chi connectivity index (χ1v) is 18.5. The Kier molecular flexibility index (Phi) is 10.3. The molecule has 1 aliphatic carbocycles.